The molecule has 1 N–H and O–H groups in total. The van der Waals surface area contributed by atoms with Crippen molar-refractivity contribution in [3.05, 3.63) is 69.9 Å². The molecular formula is C26H26ClNO5. The Balaban J connectivity index is 1.69. The fourth-order valence-electron chi connectivity index (χ4n) is 4.60. The summed E-state index contributed by atoms with van der Waals surface area (Å²) < 4.78 is 10.9. The smallest absolute Gasteiger partial charge is 0.315 e. The Labute approximate surface area is 197 Å². The first-order valence-corrected chi connectivity index (χ1v) is 11.4. The minimum absolute atomic E-state index is 0.0252. The Morgan fingerprint density at radius 1 is 1.21 bits per heavy atom. The summed E-state index contributed by atoms with van der Waals surface area (Å²) in [5, 5.41) is 10.3. The number of hydrogen-bond donors (Lipinski definition) is 1. The highest BCUT2D eigenvalue weighted by atomic mass is 35.5. The number of nitrogens with zero attached hydrogens (tertiary/aromatic N) is 1. The Morgan fingerprint density at radius 2 is 1.97 bits per heavy atom. The molecule has 33 heavy (non-hydrogen) atoms. The van der Waals surface area contributed by atoms with E-state index < -0.39 is 17.8 Å². The lowest BCUT2D eigenvalue weighted by atomic mass is 9.71. The number of aromatic hydroxyl groups is 1. The number of methoxy groups -OCH3 is 1. The number of carbonyl (C=O) groups excluding carboxylic acids is 2. The summed E-state index contributed by atoms with van der Waals surface area (Å²) in [5.41, 5.74) is 3.52. The van der Waals surface area contributed by atoms with E-state index in [9.17, 15) is 14.7 Å². The van der Waals surface area contributed by atoms with Crippen molar-refractivity contribution in [1.82, 2.24) is 0 Å². The van der Waals surface area contributed by atoms with E-state index >= 15 is 0 Å². The summed E-state index contributed by atoms with van der Waals surface area (Å²) in [6.45, 7) is 2.01. The summed E-state index contributed by atoms with van der Waals surface area (Å²) in [5.74, 6) is -1.85. The molecular weight excluding hydrogens is 442 g/mol. The number of halogens is 1. The summed E-state index contributed by atoms with van der Waals surface area (Å²) >= 11 is 6.27. The third-order valence-corrected chi connectivity index (χ3v) is 6.48. The molecule has 1 heterocycles. The molecule has 6 nitrogen and oxygen atoms in total. The number of hydrogen-bond acceptors (Lipinski definition) is 6. The average molecular weight is 468 g/mol. The van der Waals surface area contributed by atoms with Gasteiger partial charge in [-0.25, -0.2) is 0 Å². The number of allylic oxidation sites excluding steroid dienone is 2. The van der Waals surface area contributed by atoms with Crippen molar-refractivity contribution < 1.29 is 24.2 Å². The Morgan fingerprint density at radius 3 is 2.70 bits per heavy atom. The van der Waals surface area contributed by atoms with Gasteiger partial charge < -0.3 is 14.6 Å². The Bertz CT molecular complexity index is 1140. The van der Waals surface area contributed by atoms with Gasteiger partial charge >= 0.3 is 5.97 Å². The van der Waals surface area contributed by atoms with Crippen molar-refractivity contribution in [3.8, 4) is 11.5 Å². The normalized spacial score (nSPS) is 20.2. The SMILES string of the molecule is COc1cc([C@H]2C3=C(CCCC3=O)N=C(C)C2C(=O)OCCc2ccccc2)cc(Cl)c1O. The molecule has 4 rings (SSSR count). The van der Waals surface area contributed by atoms with Crippen molar-refractivity contribution in [2.75, 3.05) is 13.7 Å². The van der Waals surface area contributed by atoms with Crippen molar-refractivity contribution in [3.63, 3.8) is 0 Å². The molecule has 2 aromatic carbocycles. The van der Waals surface area contributed by atoms with E-state index in [4.69, 9.17) is 21.1 Å². The van der Waals surface area contributed by atoms with Crippen molar-refractivity contribution in [2.45, 2.75) is 38.5 Å². The largest absolute Gasteiger partial charge is 0.503 e. The average Bonchev–Trinajstić information content (AvgIpc) is 2.80. The van der Waals surface area contributed by atoms with Crippen LogP contribution in [0.15, 0.2) is 58.7 Å². The molecule has 0 fully saturated rings. The van der Waals surface area contributed by atoms with Crippen LogP contribution < -0.4 is 4.74 Å². The number of Topliss-reactive ketones (excluding diaryl/α,β-unsaturated/α-hetero) is 1. The maximum absolute atomic E-state index is 13.3. The summed E-state index contributed by atoms with van der Waals surface area (Å²) in [7, 11) is 1.43. The van der Waals surface area contributed by atoms with Gasteiger partial charge in [0, 0.05) is 35.7 Å². The lowest BCUT2D eigenvalue weighted by Crippen LogP contribution is -2.37. The van der Waals surface area contributed by atoms with E-state index in [-0.39, 0.29) is 28.9 Å². The molecule has 0 spiro atoms. The van der Waals surface area contributed by atoms with Crippen LogP contribution in [-0.4, -0.2) is 36.3 Å². The molecule has 1 unspecified atom stereocenters. The number of rotatable bonds is 6. The minimum atomic E-state index is -0.771. The second-order valence-electron chi connectivity index (χ2n) is 8.30. The number of ether oxygens (including phenoxy) is 2. The van der Waals surface area contributed by atoms with Gasteiger partial charge in [0.15, 0.2) is 17.3 Å². The van der Waals surface area contributed by atoms with E-state index in [1.807, 2.05) is 30.3 Å². The number of carbonyl (C=O) groups is 2. The summed E-state index contributed by atoms with van der Waals surface area (Å²) in [6, 6.07) is 13.0. The molecule has 172 valence electrons. The second kappa shape index (κ2) is 9.79. The maximum atomic E-state index is 13.3. The molecule has 0 radical (unpaired) electrons. The molecule has 2 aromatic rings. The number of phenolic OH excluding ortho intramolecular Hbond substituents is 1. The molecule has 0 aromatic heterocycles. The molecule has 2 atom stereocenters. The second-order valence-corrected chi connectivity index (χ2v) is 8.71. The predicted octanol–water partition coefficient (Wildman–Crippen LogP) is 5.02. The number of esters is 1. The third kappa shape index (κ3) is 4.67. The third-order valence-electron chi connectivity index (χ3n) is 6.20. The van der Waals surface area contributed by atoms with Crippen LogP contribution in [0, 0.1) is 5.92 Å². The first-order chi connectivity index (χ1) is 15.9. The standard InChI is InChI=1S/C26H26ClNO5/c1-15-22(26(31)33-12-11-16-7-4-3-5-8-16)23(24-19(28-15)9-6-10-20(24)29)17-13-18(27)25(30)21(14-17)32-2/h3-5,7-8,13-14,22-23,30H,6,9-12H2,1-2H3/t22?,23-/m1/s1. The van der Waals surface area contributed by atoms with Crippen molar-refractivity contribution >= 4 is 29.1 Å². The summed E-state index contributed by atoms with van der Waals surface area (Å²) in [4.78, 5) is 31.0. The highest BCUT2D eigenvalue weighted by Gasteiger charge is 2.43. The van der Waals surface area contributed by atoms with Gasteiger partial charge in [0.05, 0.1) is 18.7 Å². The van der Waals surface area contributed by atoms with Crippen LogP contribution in [0.5, 0.6) is 11.5 Å². The predicted molar refractivity (Wildman–Crippen MR) is 126 cm³/mol. The zero-order chi connectivity index (χ0) is 23.5. The lowest BCUT2D eigenvalue weighted by molar-refractivity contribution is -0.146. The van der Waals surface area contributed by atoms with E-state index in [2.05, 4.69) is 4.99 Å². The zero-order valence-corrected chi connectivity index (χ0v) is 19.4. The molecule has 0 saturated heterocycles. The van der Waals surface area contributed by atoms with E-state index in [0.29, 0.717) is 41.8 Å². The van der Waals surface area contributed by atoms with E-state index in [1.165, 1.54) is 7.11 Å². The molecule has 7 heteroatoms. The van der Waals surface area contributed by atoms with Crippen LogP contribution in [-0.2, 0) is 20.7 Å². The van der Waals surface area contributed by atoms with Gasteiger partial charge in [-0.3, -0.25) is 14.6 Å². The first kappa shape index (κ1) is 23.1. The van der Waals surface area contributed by atoms with Crippen molar-refractivity contribution in [2.24, 2.45) is 10.9 Å². The highest BCUT2D eigenvalue weighted by Crippen LogP contribution is 2.46. The van der Waals surface area contributed by atoms with E-state index in [0.717, 1.165) is 12.0 Å². The number of ketones is 1. The minimum Gasteiger partial charge on any atom is -0.503 e. The molecule has 2 aliphatic rings. The Hall–Kier alpha value is -3.12. The maximum Gasteiger partial charge on any atom is 0.315 e. The highest BCUT2D eigenvalue weighted by molar-refractivity contribution is 6.32. The molecule has 0 amide bonds. The van der Waals surface area contributed by atoms with Gasteiger partial charge in [-0.2, -0.15) is 0 Å². The van der Waals surface area contributed by atoms with Crippen LogP contribution in [0.3, 0.4) is 0 Å². The quantitative estimate of drug-likeness (QED) is 0.603. The monoisotopic (exact) mass is 467 g/mol. The van der Waals surface area contributed by atoms with E-state index in [1.54, 1.807) is 19.1 Å². The number of benzene rings is 2. The zero-order valence-electron chi connectivity index (χ0n) is 18.6. The van der Waals surface area contributed by atoms with Crippen LogP contribution in [0.4, 0.5) is 0 Å². The van der Waals surface area contributed by atoms with Crippen LogP contribution in [0.2, 0.25) is 5.02 Å². The van der Waals surface area contributed by atoms with Crippen molar-refractivity contribution in [1.29, 1.82) is 0 Å². The topological polar surface area (TPSA) is 85.2 Å². The fraction of sp³-hybridized carbons (Fsp3) is 0.346. The van der Waals surface area contributed by atoms with Gasteiger partial charge in [-0.15, -0.1) is 0 Å². The summed E-state index contributed by atoms with van der Waals surface area (Å²) in [6.07, 6.45) is 2.40. The molecule has 1 aliphatic heterocycles. The van der Waals surface area contributed by atoms with Gasteiger partial charge in [-0.1, -0.05) is 41.9 Å². The van der Waals surface area contributed by atoms with Crippen LogP contribution in [0.1, 0.15) is 43.2 Å². The van der Waals surface area contributed by atoms with Gasteiger partial charge in [0.1, 0.15) is 5.92 Å². The van der Waals surface area contributed by atoms with Gasteiger partial charge in [0.2, 0.25) is 0 Å². The Kier molecular flexibility index (Phi) is 6.84. The lowest BCUT2D eigenvalue weighted by Gasteiger charge is -2.34. The van der Waals surface area contributed by atoms with Crippen LogP contribution >= 0.6 is 11.6 Å². The molecule has 1 aliphatic carbocycles. The van der Waals surface area contributed by atoms with Gasteiger partial charge in [0.25, 0.3) is 0 Å². The number of aliphatic imine (C=N–C) groups is 1. The fourth-order valence-corrected chi connectivity index (χ4v) is 4.82. The van der Waals surface area contributed by atoms with Gasteiger partial charge in [-0.05, 0) is 43.0 Å². The molecule has 0 saturated carbocycles. The van der Waals surface area contributed by atoms with Crippen LogP contribution in [0.25, 0.3) is 0 Å². The number of phenols is 1. The molecule has 0 bridgehead atoms. The first-order valence-electron chi connectivity index (χ1n) is 11.0.